The van der Waals surface area contributed by atoms with E-state index in [4.69, 9.17) is 0 Å². The number of carbonyl (C=O) groups is 1. The van der Waals surface area contributed by atoms with Gasteiger partial charge in [0.15, 0.2) is 0 Å². The molecule has 0 spiro atoms. The molecule has 2 rings (SSSR count). The zero-order valence-electron chi connectivity index (χ0n) is 10.4. The number of nitrogens with zero attached hydrogens (tertiary/aromatic N) is 1. The molecule has 1 aliphatic heterocycles. The summed E-state index contributed by atoms with van der Waals surface area (Å²) in [6.07, 6.45) is 0.976. The van der Waals surface area contributed by atoms with E-state index < -0.39 is 0 Å². The predicted octanol–water partition coefficient (Wildman–Crippen LogP) is 1.86. The van der Waals surface area contributed by atoms with Crippen LogP contribution in [0.5, 0.6) is 0 Å². The van der Waals surface area contributed by atoms with Crippen molar-refractivity contribution in [2.24, 2.45) is 0 Å². The summed E-state index contributed by atoms with van der Waals surface area (Å²) in [7, 11) is 3.50. The van der Waals surface area contributed by atoms with Crippen LogP contribution in [0.2, 0.25) is 0 Å². The quantitative estimate of drug-likeness (QED) is 0.837. The Kier molecular flexibility index (Phi) is 3.52. The molecule has 0 aliphatic carbocycles. The van der Waals surface area contributed by atoms with E-state index in [0.29, 0.717) is 5.92 Å². The number of anilines is 1. The number of fused-ring (bicyclic) bond motifs is 1. The zero-order chi connectivity index (χ0) is 12.3. The van der Waals surface area contributed by atoms with E-state index in [2.05, 4.69) is 28.8 Å². The van der Waals surface area contributed by atoms with Gasteiger partial charge >= 0.3 is 6.03 Å². The van der Waals surface area contributed by atoms with Crippen LogP contribution in [0.1, 0.15) is 17.9 Å². The van der Waals surface area contributed by atoms with Gasteiger partial charge in [-0.2, -0.15) is 0 Å². The minimum absolute atomic E-state index is 0.0239. The van der Waals surface area contributed by atoms with Crippen molar-refractivity contribution in [1.29, 1.82) is 0 Å². The van der Waals surface area contributed by atoms with Crippen LogP contribution < -0.4 is 10.6 Å². The normalized spacial score (nSPS) is 17.2. The Balaban J connectivity index is 1.84. The minimum atomic E-state index is -0.0239. The molecule has 1 unspecified atom stereocenters. The lowest BCUT2D eigenvalue weighted by atomic mass is 9.98. The van der Waals surface area contributed by atoms with Crippen LogP contribution in [0, 0.1) is 0 Å². The molecule has 0 fully saturated rings. The van der Waals surface area contributed by atoms with Gasteiger partial charge in [-0.1, -0.05) is 18.2 Å². The molecule has 17 heavy (non-hydrogen) atoms. The summed E-state index contributed by atoms with van der Waals surface area (Å²) < 4.78 is 0. The summed E-state index contributed by atoms with van der Waals surface area (Å²) >= 11 is 0. The second-order valence-corrected chi connectivity index (χ2v) is 4.58. The first kappa shape index (κ1) is 11.8. The molecular formula is C13H19N3O. The standard InChI is InChI=1S/C13H19N3O/c1-16(2)13(17)14-8-7-10-9-15-12-6-4-3-5-11(10)12/h3-6,10,15H,7-9H2,1-2H3,(H,14,17). The number of nitrogens with one attached hydrogen (secondary N) is 2. The molecule has 0 saturated carbocycles. The fourth-order valence-corrected chi connectivity index (χ4v) is 2.13. The highest BCUT2D eigenvalue weighted by atomic mass is 16.2. The molecule has 2 N–H and O–H groups in total. The molecule has 1 atom stereocenters. The molecule has 1 heterocycles. The number of urea groups is 1. The van der Waals surface area contributed by atoms with E-state index in [-0.39, 0.29) is 6.03 Å². The van der Waals surface area contributed by atoms with Crippen molar-refractivity contribution in [2.75, 3.05) is 32.5 Å². The Hall–Kier alpha value is -1.71. The summed E-state index contributed by atoms with van der Waals surface area (Å²) in [6.45, 7) is 1.69. The Morgan fingerprint density at radius 1 is 1.47 bits per heavy atom. The number of carbonyl (C=O) groups excluding carboxylic acids is 1. The molecular weight excluding hydrogens is 214 g/mol. The summed E-state index contributed by atoms with van der Waals surface area (Å²) in [5.74, 6) is 0.508. The Bertz CT molecular complexity index is 403. The maximum Gasteiger partial charge on any atom is 0.316 e. The van der Waals surface area contributed by atoms with Crippen molar-refractivity contribution in [3.05, 3.63) is 29.8 Å². The molecule has 0 bridgehead atoms. The molecule has 4 nitrogen and oxygen atoms in total. The van der Waals surface area contributed by atoms with Gasteiger partial charge in [0.2, 0.25) is 0 Å². The highest BCUT2D eigenvalue weighted by Gasteiger charge is 2.21. The maximum absolute atomic E-state index is 11.4. The number of hydrogen-bond acceptors (Lipinski definition) is 2. The number of para-hydroxylation sites is 1. The van der Waals surface area contributed by atoms with Gasteiger partial charge in [0.1, 0.15) is 0 Å². The first-order chi connectivity index (χ1) is 8.18. The smallest absolute Gasteiger partial charge is 0.316 e. The molecule has 4 heteroatoms. The monoisotopic (exact) mass is 233 g/mol. The van der Waals surface area contributed by atoms with Gasteiger partial charge in [0, 0.05) is 38.8 Å². The average Bonchev–Trinajstić information content (AvgIpc) is 2.72. The third kappa shape index (κ3) is 2.70. The Morgan fingerprint density at radius 3 is 3.00 bits per heavy atom. The van der Waals surface area contributed by atoms with Crippen molar-refractivity contribution in [3.8, 4) is 0 Å². The fraction of sp³-hybridized carbons (Fsp3) is 0.462. The Labute approximate surface area is 102 Å². The van der Waals surface area contributed by atoms with Crippen LogP contribution in [-0.2, 0) is 0 Å². The van der Waals surface area contributed by atoms with Gasteiger partial charge in [0.05, 0.1) is 0 Å². The average molecular weight is 233 g/mol. The fourth-order valence-electron chi connectivity index (χ4n) is 2.13. The van der Waals surface area contributed by atoms with E-state index in [9.17, 15) is 4.79 Å². The summed E-state index contributed by atoms with van der Waals surface area (Å²) in [5, 5.41) is 6.29. The predicted molar refractivity (Wildman–Crippen MR) is 69.4 cm³/mol. The largest absolute Gasteiger partial charge is 0.384 e. The number of hydrogen-bond donors (Lipinski definition) is 2. The van der Waals surface area contributed by atoms with Gasteiger partial charge in [-0.15, -0.1) is 0 Å². The van der Waals surface area contributed by atoms with Gasteiger partial charge in [-0.3, -0.25) is 0 Å². The molecule has 1 aromatic rings. The van der Waals surface area contributed by atoms with E-state index in [0.717, 1.165) is 19.5 Å². The number of benzene rings is 1. The Morgan fingerprint density at radius 2 is 2.24 bits per heavy atom. The van der Waals surface area contributed by atoms with Crippen LogP contribution in [0.4, 0.5) is 10.5 Å². The van der Waals surface area contributed by atoms with Crippen LogP contribution in [0.3, 0.4) is 0 Å². The lowest BCUT2D eigenvalue weighted by molar-refractivity contribution is 0.217. The van der Waals surface area contributed by atoms with Gasteiger partial charge in [-0.05, 0) is 18.1 Å². The van der Waals surface area contributed by atoms with E-state index in [1.807, 2.05) is 6.07 Å². The molecule has 1 aromatic carbocycles. The highest BCUT2D eigenvalue weighted by Crippen LogP contribution is 2.32. The van der Waals surface area contributed by atoms with E-state index in [1.54, 1.807) is 19.0 Å². The topological polar surface area (TPSA) is 44.4 Å². The maximum atomic E-state index is 11.4. The first-order valence-corrected chi connectivity index (χ1v) is 5.96. The molecule has 2 amide bonds. The summed E-state index contributed by atoms with van der Waals surface area (Å²) in [5.41, 5.74) is 2.60. The molecule has 92 valence electrons. The SMILES string of the molecule is CN(C)C(=O)NCCC1CNc2ccccc21. The molecule has 0 radical (unpaired) electrons. The van der Waals surface area contributed by atoms with Gasteiger partial charge in [-0.25, -0.2) is 4.79 Å². The van der Waals surface area contributed by atoms with Crippen molar-refractivity contribution in [1.82, 2.24) is 10.2 Å². The minimum Gasteiger partial charge on any atom is -0.384 e. The molecule has 1 aliphatic rings. The molecule has 0 saturated heterocycles. The van der Waals surface area contributed by atoms with Gasteiger partial charge < -0.3 is 15.5 Å². The van der Waals surface area contributed by atoms with Crippen molar-refractivity contribution < 1.29 is 4.79 Å². The van der Waals surface area contributed by atoms with E-state index in [1.165, 1.54) is 11.3 Å². The lowest BCUT2D eigenvalue weighted by Gasteiger charge is -2.14. The summed E-state index contributed by atoms with van der Waals surface area (Å²) in [4.78, 5) is 12.9. The van der Waals surface area contributed by atoms with Crippen LogP contribution in [-0.4, -0.2) is 38.1 Å². The number of amides is 2. The summed E-state index contributed by atoms with van der Waals surface area (Å²) in [6, 6.07) is 8.35. The van der Waals surface area contributed by atoms with E-state index >= 15 is 0 Å². The van der Waals surface area contributed by atoms with Gasteiger partial charge in [0.25, 0.3) is 0 Å². The first-order valence-electron chi connectivity index (χ1n) is 5.96. The third-order valence-electron chi connectivity index (χ3n) is 3.11. The second-order valence-electron chi connectivity index (χ2n) is 4.58. The van der Waals surface area contributed by atoms with Crippen LogP contribution in [0.15, 0.2) is 24.3 Å². The van der Waals surface area contributed by atoms with Crippen molar-refractivity contribution >= 4 is 11.7 Å². The van der Waals surface area contributed by atoms with Crippen LogP contribution >= 0.6 is 0 Å². The number of rotatable bonds is 3. The second kappa shape index (κ2) is 5.08. The highest BCUT2D eigenvalue weighted by molar-refractivity contribution is 5.73. The van der Waals surface area contributed by atoms with Crippen LogP contribution in [0.25, 0.3) is 0 Å². The third-order valence-corrected chi connectivity index (χ3v) is 3.11. The zero-order valence-corrected chi connectivity index (χ0v) is 10.4. The van der Waals surface area contributed by atoms with Crippen molar-refractivity contribution in [2.45, 2.75) is 12.3 Å². The lowest BCUT2D eigenvalue weighted by Crippen LogP contribution is -2.35. The molecule has 0 aromatic heterocycles. The van der Waals surface area contributed by atoms with Crippen molar-refractivity contribution in [3.63, 3.8) is 0 Å².